The fourth-order valence-electron chi connectivity index (χ4n) is 10.1. The fourth-order valence-corrected chi connectivity index (χ4v) is 11.4. The van der Waals surface area contributed by atoms with Crippen molar-refractivity contribution in [1.29, 1.82) is 0 Å². The van der Waals surface area contributed by atoms with Crippen molar-refractivity contribution in [3.8, 4) is 39.1 Å². The zero-order chi connectivity index (χ0) is 42.8. The van der Waals surface area contributed by atoms with Crippen molar-refractivity contribution >= 4 is 91.9 Å². The topological polar surface area (TPSA) is 8.17 Å². The predicted molar refractivity (Wildman–Crippen MR) is 280 cm³/mol. The first-order chi connectivity index (χ1) is 32.2. The van der Waals surface area contributed by atoms with Crippen LogP contribution in [0.25, 0.3) is 103 Å². The Kier molecular flexibility index (Phi) is 8.75. The van der Waals surface area contributed by atoms with Crippen molar-refractivity contribution in [2.45, 2.75) is 0 Å². The van der Waals surface area contributed by atoms with Crippen LogP contribution in [-0.4, -0.2) is 4.57 Å². The minimum Gasteiger partial charge on any atom is -0.310 e. The van der Waals surface area contributed by atoms with E-state index >= 15 is 0 Å². The first-order valence-electron chi connectivity index (χ1n) is 22.2. The molecule has 304 valence electrons. The maximum absolute atomic E-state index is 2.42. The first-order valence-corrected chi connectivity index (χ1v) is 23.1. The summed E-state index contributed by atoms with van der Waals surface area (Å²) in [5.74, 6) is 0. The molecule has 2 aromatic heterocycles. The highest BCUT2D eigenvalue weighted by Crippen LogP contribution is 2.45. The standard InChI is InChI=1S/C62H40N2S/c1-2-15-45-39-47(28-27-41(45)13-1)46-16-11-17-50(40-46)63(49-36-31-44(32-37-49)53-22-12-23-56-57-38-33-42-14-3-4-19-52(42)62(57)65-61(53)56)48-34-29-43(30-35-48)51-18-5-8-24-58(51)64-59-25-9-6-20-54(59)55-21-7-10-26-60(55)64/h1-40H. The molecule has 0 saturated carbocycles. The van der Waals surface area contributed by atoms with E-state index in [0.717, 1.165) is 28.3 Å². The van der Waals surface area contributed by atoms with Gasteiger partial charge in [-0.3, -0.25) is 0 Å². The van der Waals surface area contributed by atoms with Gasteiger partial charge in [0.2, 0.25) is 0 Å². The van der Waals surface area contributed by atoms with E-state index in [4.69, 9.17) is 0 Å². The lowest BCUT2D eigenvalue weighted by atomic mass is 9.99. The number of benzene rings is 11. The summed E-state index contributed by atoms with van der Waals surface area (Å²) in [6.07, 6.45) is 0. The average molecular weight is 845 g/mol. The van der Waals surface area contributed by atoms with Gasteiger partial charge in [-0.25, -0.2) is 0 Å². The van der Waals surface area contributed by atoms with Gasteiger partial charge in [0.1, 0.15) is 0 Å². The molecule has 11 aromatic carbocycles. The molecule has 0 aliphatic carbocycles. The molecular weight excluding hydrogens is 805 g/mol. The second-order valence-corrected chi connectivity index (χ2v) is 17.9. The van der Waals surface area contributed by atoms with Gasteiger partial charge in [0.25, 0.3) is 0 Å². The second kappa shape index (κ2) is 15.2. The zero-order valence-electron chi connectivity index (χ0n) is 35.4. The summed E-state index contributed by atoms with van der Waals surface area (Å²) in [5.41, 5.74) is 14.0. The maximum atomic E-state index is 2.42. The maximum Gasteiger partial charge on any atom is 0.0541 e. The molecule has 13 rings (SSSR count). The van der Waals surface area contributed by atoms with E-state index in [9.17, 15) is 0 Å². The van der Waals surface area contributed by atoms with E-state index in [0.29, 0.717) is 0 Å². The van der Waals surface area contributed by atoms with Gasteiger partial charge in [-0.1, -0.05) is 182 Å². The molecule has 13 aromatic rings. The summed E-state index contributed by atoms with van der Waals surface area (Å²) in [5, 5.41) is 10.2. The molecule has 0 amide bonds. The van der Waals surface area contributed by atoms with Crippen LogP contribution < -0.4 is 4.90 Å². The monoisotopic (exact) mass is 844 g/mol. The summed E-state index contributed by atoms with van der Waals surface area (Å²) < 4.78 is 5.09. The SMILES string of the molecule is c1cc(-c2ccc3ccccc3c2)cc(N(c2ccc(-c3ccccc3-n3c4ccccc4c4ccccc43)cc2)c2ccc(-c3cccc4c3sc3c5ccccc5ccc43)cc2)c1. The van der Waals surface area contributed by atoms with Crippen LogP contribution in [0, 0.1) is 0 Å². The Balaban J connectivity index is 0.927. The van der Waals surface area contributed by atoms with Crippen molar-refractivity contribution in [3.63, 3.8) is 0 Å². The number of rotatable bonds is 7. The van der Waals surface area contributed by atoms with Gasteiger partial charge in [0, 0.05) is 53.6 Å². The molecule has 65 heavy (non-hydrogen) atoms. The van der Waals surface area contributed by atoms with Gasteiger partial charge in [-0.05, 0) is 110 Å². The molecule has 0 atom stereocenters. The molecule has 2 nitrogen and oxygen atoms in total. The molecule has 2 heterocycles. The lowest BCUT2D eigenvalue weighted by molar-refractivity contribution is 1.18. The number of hydrogen-bond acceptors (Lipinski definition) is 2. The summed E-state index contributed by atoms with van der Waals surface area (Å²) in [7, 11) is 0. The molecule has 0 unspecified atom stereocenters. The predicted octanol–water partition coefficient (Wildman–Crippen LogP) is 17.9. The molecule has 0 saturated heterocycles. The summed E-state index contributed by atoms with van der Waals surface area (Å²) in [6, 6.07) is 88.9. The lowest BCUT2D eigenvalue weighted by Gasteiger charge is -2.26. The largest absolute Gasteiger partial charge is 0.310 e. The average Bonchev–Trinajstić information content (AvgIpc) is 3.93. The van der Waals surface area contributed by atoms with E-state index < -0.39 is 0 Å². The number of anilines is 3. The zero-order valence-corrected chi connectivity index (χ0v) is 36.2. The number of hydrogen-bond donors (Lipinski definition) is 0. The Hall–Kier alpha value is -8.24. The van der Waals surface area contributed by atoms with Gasteiger partial charge >= 0.3 is 0 Å². The van der Waals surface area contributed by atoms with E-state index in [-0.39, 0.29) is 0 Å². The Morgan fingerprint density at radius 1 is 0.292 bits per heavy atom. The van der Waals surface area contributed by atoms with Gasteiger partial charge in [0.05, 0.1) is 16.7 Å². The third-order valence-corrected chi connectivity index (χ3v) is 14.5. The van der Waals surface area contributed by atoms with Gasteiger partial charge in [-0.2, -0.15) is 0 Å². The molecule has 3 heteroatoms. The third-order valence-electron chi connectivity index (χ3n) is 13.2. The van der Waals surface area contributed by atoms with Crippen LogP contribution in [0.4, 0.5) is 17.1 Å². The van der Waals surface area contributed by atoms with Crippen LogP contribution in [0.5, 0.6) is 0 Å². The van der Waals surface area contributed by atoms with Crippen molar-refractivity contribution in [2.24, 2.45) is 0 Å². The highest BCUT2D eigenvalue weighted by atomic mass is 32.1. The highest BCUT2D eigenvalue weighted by molar-refractivity contribution is 7.27. The van der Waals surface area contributed by atoms with E-state index in [1.807, 2.05) is 11.3 Å². The summed E-state index contributed by atoms with van der Waals surface area (Å²) in [4.78, 5) is 2.39. The van der Waals surface area contributed by atoms with Gasteiger partial charge in [0.15, 0.2) is 0 Å². The van der Waals surface area contributed by atoms with E-state index in [1.54, 1.807) is 0 Å². The number of fused-ring (bicyclic) bond motifs is 9. The van der Waals surface area contributed by atoms with Crippen molar-refractivity contribution < 1.29 is 0 Å². The third kappa shape index (κ3) is 6.24. The van der Waals surface area contributed by atoms with Crippen LogP contribution in [0.2, 0.25) is 0 Å². The van der Waals surface area contributed by atoms with Crippen LogP contribution >= 0.6 is 11.3 Å². The Morgan fingerprint density at radius 3 is 1.57 bits per heavy atom. The molecule has 0 N–H and O–H groups in total. The molecule has 0 aliphatic heterocycles. The second-order valence-electron chi connectivity index (χ2n) is 16.9. The number of aromatic nitrogens is 1. The summed E-state index contributed by atoms with van der Waals surface area (Å²) in [6.45, 7) is 0. The lowest BCUT2D eigenvalue weighted by Crippen LogP contribution is -2.10. The number of nitrogens with zero attached hydrogens (tertiary/aromatic N) is 2. The normalized spacial score (nSPS) is 11.7. The molecular formula is C62H40N2S. The molecule has 0 bridgehead atoms. The van der Waals surface area contributed by atoms with Crippen LogP contribution in [0.3, 0.4) is 0 Å². The van der Waals surface area contributed by atoms with Gasteiger partial charge < -0.3 is 9.47 Å². The Bertz CT molecular complexity index is 3900. The highest BCUT2D eigenvalue weighted by Gasteiger charge is 2.19. The fraction of sp³-hybridized carbons (Fsp3) is 0. The van der Waals surface area contributed by atoms with E-state index in [2.05, 4.69) is 252 Å². The van der Waals surface area contributed by atoms with Crippen LogP contribution in [0.15, 0.2) is 243 Å². The minimum atomic E-state index is 1.09. The minimum absolute atomic E-state index is 1.09. The molecule has 0 fully saturated rings. The smallest absolute Gasteiger partial charge is 0.0541 e. The Morgan fingerprint density at radius 2 is 0.815 bits per heavy atom. The van der Waals surface area contributed by atoms with E-state index in [1.165, 1.54) is 91.3 Å². The summed E-state index contributed by atoms with van der Waals surface area (Å²) >= 11 is 1.91. The van der Waals surface area contributed by atoms with Crippen molar-refractivity contribution in [1.82, 2.24) is 4.57 Å². The van der Waals surface area contributed by atoms with Crippen LogP contribution in [-0.2, 0) is 0 Å². The molecule has 0 spiro atoms. The van der Waals surface area contributed by atoms with Crippen molar-refractivity contribution in [3.05, 3.63) is 243 Å². The van der Waals surface area contributed by atoms with Gasteiger partial charge in [-0.15, -0.1) is 11.3 Å². The number of para-hydroxylation sites is 3. The van der Waals surface area contributed by atoms with Crippen molar-refractivity contribution in [2.75, 3.05) is 4.90 Å². The quantitative estimate of drug-likeness (QED) is 0.155. The Labute approximate surface area is 381 Å². The van der Waals surface area contributed by atoms with Crippen LogP contribution in [0.1, 0.15) is 0 Å². The first kappa shape index (κ1) is 37.3. The molecule has 0 aliphatic rings. The molecule has 0 radical (unpaired) electrons. The number of thiophene rings is 1.